The van der Waals surface area contributed by atoms with Gasteiger partial charge in [-0.2, -0.15) is 0 Å². The molecular formula is C8H8N2OS. The lowest BCUT2D eigenvalue weighted by Crippen LogP contribution is -1.96. The predicted molar refractivity (Wildman–Crippen MR) is 52.0 cm³/mol. The Kier molecular flexibility index (Phi) is 1.62. The molecule has 3 nitrogen and oxygen atoms in total. The third-order valence-electron chi connectivity index (χ3n) is 1.77. The third-order valence-corrected chi connectivity index (χ3v) is 2.63. The van der Waals surface area contributed by atoms with Crippen LogP contribution in [0.1, 0.15) is 0 Å². The molecule has 0 unspecified atom stereocenters. The van der Waals surface area contributed by atoms with Gasteiger partial charge in [0.05, 0.1) is 10.1 Å². The van der Waals surface area contributed by atoms with Gasteiger partial charge < -0.3 is 5.32 Å². The molecule has 0 aliphatic rings. The van der Waals surface area contributed by atoms with Crippen molar-refractivity contribution in [1.82, 2.24) is 4.37 Å². The topological polar surface area (TPSA) is 44.9 Å². The molecule has 1 aromatic heterocycles. The minimum atomic E-state index is -0.00731. The second-order valence-electron chi connectivity index (χ2n) is 2.49. The second-order valence-corrected chi connectivity index (χ2v) is 3.34. The van der Waals surface area contributed by atoms with Crippen LogP contribution in [0.4, 0.5) is 5.69 Å². The lowest BCUT2D eigenvalue weighted by atomic mass is 10.2. The van der Waals surface area contributed by atoms with Crippen molar-refractivity contribution < 1.29 is 0 Å². The fourth-order valence-corrected chi connectivity index (χ4v) is 1.82. The molecule has 2 rings (SSSR count). The molecule has 0 spiro atoms. The highest BCUT2D eigenvalue weighted by Crippen LogP contribution is 2.18. The fraction of sp³-hybridized carbons (Fsp3) is 0.125. The Bertz CT molecular complexity index is 457. The van der Waals surface area contributed by atoms with Gasteiger partial charge in [-0.25, -0.2) is 0 Å². The average Bonchev–Trinajstić information content (AvgIpc) is 2.47. The molecule has 0 saturated heterocycles. The molecular weight excluding hydrogens is 172 g/mol. The summed E-state index contributed by atoms with van der Waals surface area (Å²) in [5.74, 6) is 0. The first-order valence-electron chi connectivity index (χ1n) is 3.60. The zero-order chi connectivity index (χ0) is 8.55. The van der Waals surface area contributed by atoms with Gasteiger partial charge in [0, 0.05) is 12.7 Å². The van der Waals surface area contributed by atoms with Crippen molar-refractivity contribution in [3.05, 3.63) is 28.6 Å². The van der Waals surface area contributed by atoms with E-state index in [1.54, 1.807) is 0 Å². The van der Waals surface area contributed by atoms with E-state index in [1.807, 2.05) is 25.2 Å². The van der Waals surface area contributed by atoms with Crippen LogP contribution in [-0.2, 0) is 0 Å². The summed E-state index contributed by atoms with van der Waals surface area (Å²) in [5.41, 5.74) is 0.957. The van der Waals surface area contributed by atoms with Crippen molar-refractivity contribution in [2.45, 2.75) is 0 Å². The Morgan fingerprint density at radius 2 is 2.33 bits per heavy atom. The predicted octanol–water partition coefficient (Wildman–Crippen LogP) is 1.63. The lowest BCUT2D eigenvalue weighted by molar-refractivity contribution is 1.46. The maximum atomic E-state index is 11.2. The van der Waals surface area contributed by atoms with Gasteiger partial charge in [-0.05, 0) is 18.2 Å². The summed E-state index contributed by atoms with van der Waals surface area (Å²) in [4.78, 5) is 11.2. The molecule has 1 heterocycles. The van der Waals surface area contributed by atoms with Crippen molar-refractivity contribution in [3.8, 4) is 0 Å². The van der Waals surface area contributed by atoms with E-state index in [2.05, 4.69) is 9.69 Å². The van der Waals surface area contributed by atoms with E-state index < -0.39 is 0 Å². The van der Waals surface area contributed by atoms with E-state index in [0.29, 0.717) is 0 Å². The summed E-state index contributed by atoms with van der Waals surface area (Å²) in [7, 11) is 1.84. The van der Waals surface area contributed by atoms with E-state index in [4.69, 9.17) is 0 Å². The van der Waals surface area contributed by atoms with Gasteiger partial charge in [0.2, 0.25) is 0 Å². The molecule has 0 amide bonds. The summed E-state index contributed by atoms with van der Waals surface area (Å²) in [5, 5.41) is 3.74. The number of benzene rings is 1. The van der Waals surface area contributed by atoms with Crippen LogP contribution in [0, 0.1) is 0 Å². The van der Waals surface area contributed by atoms with E-state index >= 15 is 0 Å². The van der Waals surface area contributed by atoms with Crippen LogP contribution in [0.5, 0.6) is 0 Å². The zero-order valence-electron chi connectivity index (χ0n) is 6.55. The minimum absolute atomic E-state index is 0.00731. The molecule has 1 aromatic carbocycles. The molecule has 12 heavy (non-hydrogen) atoms. The highest BCUT2D eigenvalue weighted by molar-refractivity contribution is 7.13. The first kappa shape index (κ1) is 7.36. The summed E-state index contributed by atoms with van der Waals surface area (Å²) in [6, 6.07) is 5.74. The normalized spacial score (nSPS) is 10.4. The number of aromatic nitrogens is 1. The maximum Gasteiger partial charge on any atom is 0.265 e. The maximum absolute atomic E-state index is 11.2. The fourth-order valence-electron chi connectivity index (χ4n) is 1.11. The largest absolute Gasteiger partial charge is 0.388 e. The molecule has 4 heteroatoms. The number of rotatable bonds is 1. The SMILES string of the molecule is CNc1ccc2s[nH]c(=O)c2c1. The van der Waals surface area contributed by atoms with Crippen molar-refractivity contribution in [3.63, 3.8) is 0 Å². The number of anilines is 1. The lowest BCUT2D eigenvalue weighted by Gasteiger charge is -1.96. The molecule has 0 aliphatic carbocycles. The van der Waals surface area contributed by atoms with Crippen LogP contribution in [0.15, 0.2) is 23.0 Å². The van der Waals surface area contributed by atoms with Crippen LogP contribution < -0.4 is 10.9 Å². The van der Waals surface area contributed by atoms with E-state index in [9.17, 15) is 4.79 Å². The molecule has 0 bridgehead atoms. The van der Waals surface area contributed by atoms with Gasteiger partial charge in [-0.1, -0.05) is 11.5 Å². The molecule has 2 aromatic rings. The smallest absolute Gasteiger partial charge is 0.265 e. The van der Waals surface area contributed by atoms with E-state index in [-0.39, 0.29) is 5.56 Å². The Labute approximate surface area is 73.2 Å². The van der Waals surface area contributed by atoms with Gasteiger partial charge in [-0.3, -0.25) is 9.17 Å². The zero-order valence-corrected chi connectivity index (χ0v) is 7.37. The van der Waals surface area contributed by atoms with Crippen molar-refractivity contribution in [2.24, 2.45) is 0 Å². The molecule has 2 N–H and O–H groups in total. The number of hydrogen-bond acceptors (Lipinski definition) is 3. The number of nitrogens with one attached hydrogen (secondary N) is 2. The average molecular weight is 180 g/mol. The van der Waals surface area contributed by atoms with Gasteiger partial charge in [-0.15, -0.1) is 0 Å². The van der Waals surface area contributed by atoms with Gasteiger partial charge in [0.1, 0.15) is 0 Å². The van der Waals surface area contributed by atoms with Crippen molar-refractivity contribution >= 4 is 27.3 Å². The summed E-state index contributed by atoms with van der Waals surface area (Å²) in [6.07, 6.45) is 0. The van der Waals surface area contributed by atoms with Crippen molar-refractivity contribution in [2.75, 3.05) is 12.4 Å². The van der Waals surface area contributed by atoms with Crippen LogP contribution in [0.3, 0.4) is 0 Å². The first-order valence-corrected chi connectivity index (χ1v) is 4.42. The Morgan fingerprint density at radius 1 is 1.50 bits per heavy atom. The van der Waals surface area contributed by atoms with Crippen LogP contribution >= 0.6 is 11.5 Å². The van der Waals surface area contributed by atoms with Gasteiger partial charge in [0.25, 0.3) is 5.56 Å². The highest BCUT2D eigenvalue weighted by Gasteiger charge is 2.00. The number of H-pyrrole nitrogens is 1. The summed E-state index contributed by atoms with van der Waals surface area (Å²) >= 11 is 1.37. The second kappa shape index (κ2) is 2.64. The standard InChI is InChI=1S/C8H8N2OS/c1-9-5-2-3-7-6(4-5)8(11)10-12-7/h2-4,9H,1H3,(H,10,11). The monoisotopic (exact) mass is 180 g/mol. The third kappa shape index (κ3) is 1.00. The first-order chi connectivity index (χ1) is 5.81. The Balaban J connectivity index is 2.80. The Hall–Kier alpha value is -1.29. The van der Waals surface area contributed by atoms with Gasteiger partial charge in [0.15, 0.2) is 0 Å². The van der Waals surface area contributed by atoms with E-state index in [1.165, 1.54) is 11.5 Å². The van der Waals surface area contributed by atoms with Crippen molar-refractivity contribution in [1.29, 1.82) is 0 Å². The summed E-state index contributed by atoms with van der Waals surface area (Å²) in [6.45, 7) is 0. The number of aromatic amines is 1. The number of fused-ring (bicyclic) bond motifs is 1. The van der Waals surface area contributed by atoms with Gasteiger partial charge >= 0.3 is 0 Å². The van der Waals surface area contributed by atoms with E-state index in [0.717, 1.165) is 15.8 Å². The summed E-state index contributed by atoms with van der Waals surface area (Å²) < 4.78 is 3.69. The Morgan fingerprint density at radius 3 is 3.08 bits per heavy atom. The quantitative estimate of drug-likeness (QED) is 0.700. The molecule has 0 fully saturated rings. The van der Waals surface area contributed by atoms with Crippen LogP contribution in [0.25, 0.3) is 10.1 Å². The minimum Gasteiger partial charge on any atom is -0.388 e. The molecule has 0 saturated carbocycles. The number of hydrogen-bond donors (Lipinski definition) is 2. The molecule has 62 valence electrons. The van der Waals surface area contributed by atoms with Crippen LogP contribution in [-0.4, -0.2) is 11.4 Å². The molecule has 0 atom stereocenters. The van der Waals surface area contributed by atoms with Crippen LogP contribution in [0.2, 0.25) is 0 Å². The highest BCUT2D eigenvalue weighted by atomic mass is 32.1. The molecule has 0 aliphatic heterocycles. The molecule has 0 radical (unpaired) electrons.